The molecule has 11 heteroatoms. The average molecular weight is 413 g/mol. The van der Waals surface area contributed by atoms with Crippen LogP contribution >= 0.6 is 0 Å². The topological polar surface area (TPSA) is 159 Å². The van der Waals surface area contributed by atoms with E-state index in [1.165, 1.54) is 4.90 Å². The summed E-state index contributed by atoms with van der Waals surface area (Å²) in [5.74, 6) is -3.83. The van der Waals surface area contributed by atoms with Gasteiger partial charge in [0, 0.05) is 30.9 Å². The van der Waals surface area contributed by atoms with E-state index in [9.17, 15) is 34.7 Å². The Morgan fingerprint density at radius 2 is 1.97 bits per heavy atom. The monoisotopic (exact) mass is 413 g/mol. The van der Waals surface area contributed by atoms with Gasteiger partial charge in [-0.25, -0.2) is 5.48 Å². The summed E-state index contributed by atoms with van der Waals surface area (Å²) >= 11 is 0. The SMILES string of the molecule is O=C(O)C1CCCCC1CONCCN1C(=O)C12CCC([N+](=O)[O-])CC2C(=O)O. The molecule has 5 atom stereocenters. The Kier molecular flexibility index (Phi) is 6.37. The van der Waals surface area contributed by atoms with Crippen LogP contribution in [0.5, 0.6) is 0 Å². The van der Waals surface area contributed by atoms with Gasteiger partial charge in [0.2, 0.25) is 11.9 Å². The van der Waals surface area contributed by atoms with Gasteiger partial charge in [-0.3, -0.25) is 24.5 Å². The molecule has 1 aliphatic heterocycles. The molecule has 3 N–H and O–H groups in total. The third-order valence-electron chi connectivity index (χ3n) is 6.65. The maximum absolute atomic E-state index is 12.4. The Balaban J connectivity index is 1.46. The largest absolute Gasteiger partial charge is 0.481 e. The quantitative estimate of drug-likeness (QED) is 0.212. The first-order valence-corrected chi connectivity index (χ1v) is 10.0. The minimum atomic E-state index is -1.19. The molecular formula is C18H27N3O8. The van der Waals surface area contributed by atoms with Crippen molar-refractivity contribution in [2.24, 2.45) is 17.8 Å². The lowest BCUT2D eigenvalue weighted by Gasteiger charge is -2.29. The van der Waals surface area contributed by atoms with Gasteiger partial charge in [0.15, 0.2) is 0 Å². The number of nitrogens with zero attached hydrogens (tertiary/aromatic N) is 2. The van der Waals surface area contributed by atoms with Crippen LogP contribution in [0.2, 0.25) is 0 Å². The second-order valence-corrected chi connectivity index (χ2v) is 8.18. The predicted octanol–water partition coefficient (Wildman–Crippen LogP) is 0.510. The van der Waals surface area contributed by atoms with Crippen LogP contribution in [0.3, 0.4) is 0 Å². The molecule has 0 aromatic carbocycles. The van der Waals surface area contributed by atoms with Gasteiger partial charge in [-0.1, -0.05) is 12.8 Å². The smallest absolute Gasteiger partial charge is 0.309 e. The van der Waals surface area contributed by atoms with Crippen LogP contribution in [0.15, 0.2) is 0 Å². The van der Waals surface area contributed by atoms with E-state index in [4.69, 9.17) is 4.84 Å². The van der Waals surface area contributed by atoms with Gasteiger partial charge in [0.25, 0.3) is 0 Å². The van der Waals surface area contributed by atoms with Crippen LogP contribution in [-0.2, 0) is 19.2 Å². The highest BCUT2D eigenvalue weighted by Gasteiger charge is 2.70. The van der Waals surface area contributed by atoms with E-state index < -0.39 is 40.3 Å². The average Bonchev–Trinajstić information content (AvgIpc) is 3.23. The Hall–Kier alpha value is -2.27. The van der Waals surface area contributed by atoms with Gasteiger partial charge in [0.05, 0.1) is 18.4 Å². The number of hydroxylamine groups is 1. The van der Waals surface area contributed by atoms with E-state index in [0.29, 0.717) is 6.42 Å². The molecule has 3 aliphatic rings. The summed E-state index contributed by atoms with van der Waals surface area (Å²) in [7, 11) is 0. The summed E-state index contributed by atoms with van der Waals surface area (Å²) in [4.78, 5) is 52.7. The molecule has 1 saturated heterocycles. The Morgan fingerprint density at radius 3 is 2.62 bits per heavy atom. The van der Waals surface area contributed by atoms with Gasteiger partial charge < -0.3 is 20.0 Å². The first-order chi connectivity index (χ1) is 13.8. The fourth-order valence-electron chi connectivity index (χ4n) is 4.97. The van der Waals surface area contributed by atoms with Crippen molar-refractivity contribution in [3.63, 3.8) is 0 Å². The maximum Gasteiger partial charge on any atom is 0.309 e. The van der Waals surface area contributed by atoms with Crippen molar-refractivity contribution in [1.82, 2.24) is 10.4 Å². The summed E-state index contributed by atoms with van der Waals surface area (Å²) < 4.78 is 0. The third kappa shape index (κ3) is 4.20. The molecule has 0 aromatic heterocycles. The van der Waals surface area contributed by atoms with E-state index in [1.54, 1.807) is 0 Å². The van der Waals surface area contributed by atoms with Crippen LogP contribution in [0.25, 0.3) is 0 Å². The molecule has 0 aromatic rings. The summed E-state index contributed by atoms with van der Waals surface area (Å²) in [5, 5.41) is 29.8. The van der Waals surface area contributed by atoms with Crippen LogP contribution < -0.4 is 5.48 Å². The fourth-order valence-corrected chi connectivity index (χ4v) is 4.97. The number of carbonyl (C=O) groups is 3. The number of hydrogen-bond donors (Lipinski definition) is 3. The minimum absolute atomic E-state index is 0.0586. The van der Waals surface area contributed by atoms with Crippen molar-refractivity contribution in [1.29, 1.82) is 0 Å². The zero-order chi connectivity index (χ0) is 21.2. The highest BCUT2D eigenvalue weighted by molar-refractivity contribution is 6.06. The molecule has 3 fully saturated rings. The summed E-state index contributed by atoms with van der Waals surface area (Å²) in [5.41, 5.74) is 1.59. The van der Waals surface area contributed by atoms with Crippen LogP contribution in [0.4, 0.5) is 0 Å². The molecular weight excluding hydrogens is 386 g/mol. The standard InChI is InChI=1S/C18H27N3O8/c22-15(23)13-4-2-1-3-11(13)10-29-19-7-8-20-17(26)18(20)6-5-12(21(27)28)9-14(18)16(24)25/h11-14,19H,1-10H2,(H,22,23)(H,24,25). The highest BCUT2D eigenvalue weighted by atomic mass is 16.6. The predicted molar refractivity (Wildman–Crippen MR) is 97.2 cm³/mol. The molecule has 3 rings (SSSR count). The number of aliphatic carboxylic acids is 2. The molecule has 1 heterocycles. The Morgan fingerprint density at radius 1 is 1.24 bits per heavy atom. The van der Waals surface area contributed by atoms with Crippen molar-refractivity contribution in [3.8, 4) is 0 Å². The van der Waals surface area contributed by atoms with E-state index in [0.717, 1.165) is 19.3 Å². The molecule has 2 saturated carbocycles. The molecule has 1 spiro atoms. The van der Waals surface area contributed by atoms with Gasteiger partial charge in [-0.15, -0.1) is 0 Å². The van der Waals surface area contributed by atoms with Crippen LogP contribution in [-0.4, -0.2) is 69.2 Å². The number of carboxylic acid groups (broad SMARTS) is 2. The maximum atomic E-state index is 12.4. The van der Waals surface area contributed by atoms with E-state index >= 15 is 0 Å². The molecule has 162 valence electrons. The third-order valence-corrected chi connectivity index (χ3v) is 6.65. The van der Waals surface area contributed by atoms with Crippen LogP contribution in [0.1, 0.15) is 44.9 Å². The number of hydrogen-bond acceptors (Lipinski definition) is 7. The van der Waals surface area contributed by atoms with E-state index in [1.807, 2.05) is 0 Å². The summed E-state index contributed by atoms with van der Waals surface area (Å²) in [6.45, 7) is 0.764. The lowest BCUT2D eigenvalue weighted by molar-refractivity contribution is -0.528. The van der Waals surface area contributed by atoms with Gasteiger partial charge in [-0.05, 0) is 25.2 Å². The fraction of sp³-hybridized carbons (Fsp3) is 0.833. The van der Waals surface area contributed by atoms with Crippen molar-refractivity contribution >= 4 is 17.8 Å². The molecule has 0 radical (unpaired) electrons. The second-order valence-electron chi connectivity index (χ2n) is 8.18. The zero-order valence-corrected chi connectivity index (χ0v) is 16.1. The molecule has 29 heavy (non-hydrogen) atoms. The number of rotatable bonds is 9. The number of nitrogens with one attached hydrogen (secondary N) is 1. The van der Waals surface area contributed by atoms with Crippen molar-refractivity contribution in [2.75, 3.05) is 19.7 Å². The first-order valence-electron chi connectivity index (χ1n) is 10.0. The molecule has 2 aliphatic carbocycles. The Bertz CT molecular complexity index is 686. The molecule has 5 unspecified atom stereocenters. The molecule has 0 bridgehead atoms. The number of amides is 1. The normalized spacial score (nSPS) is 34.2. The van der Waals surface area contributed by atoms with Crippen LogP contribution in [0, 0.1) is 27.9 Å². The summed E-state index contributed by atoms with van der Waals surface area (Å²) in [6.07, 6.45) is 3.53. The first kappa shape index (κ1) is 21.4. The van der Waals surface area contributed by atoms with Gasteiger partial charge in [-0.2, -0.15) is 0 Å². The molecule has 1 amide bonds. The van der Waals surface area contributed by atoms with E-state index in [-0.39, 0.29) is 50.8 Å². The van der Waals surface area contributed by atoms with E-state index in [2.05, 4.69) is 5.48 Å². The van der Waals surface area contributed by atoms with Crippen molar-refractivity contribution in [3.05, 3.63) is 10.1 Å². The number of carboxylic acids is 2. The lowest BCUT2D eigenvalue weighted by Crippen LogP contribution is -2.45. The van der Waals surface area contributed by atoms with Crippen molar-refractivity contribution < 1.29 is 34.4 Å². The lowest BCUT2D eigenvalue weighted by atomic mass is 9.76. The van der Waals surface area contributed by atoms with Gasteiger partial charge in [0.1, 0.15) is 5.54 Å². The summed E-state index contributed by atoms with van der Waals surface area (Å²) in [6, 6.07) is -0.934. The van der Waals surface area contributed by atoms with Gasteiger partial charge >= 0.3 is 11.9 Å². The second kappa shape index (κ2) is 8.62. The molecule has 11 nitrogen and oxygen atoms in total. The highest BCUT2D eigenvalue weighted by Crippen LogP contribution is 2.50. The Labute approximate surface area is 167 Å². The number of nitro groups is 1. The zero-order valence-electron chi connectivity index (χ0n) is 16.1. The van der Waals surface area contributed by atoms with Crippen molar-refractivity contribution in [2.45, 2.75) is 56.5 Å². The number of carbonyl (C=O) groups excluding carboxylic acids is 1. The minimum Gasteiger partial charge on any atom is -0.481 e.